The molecule has 27 heavy (non-hydrogen) atoms. The maximum Gasteiger partial charge on any atom is 0.225 e. The van der Waals surface area contributed by atoms with Crippen LogP contribution in [0.15, 0.2) is 24.3 Å². The Morgan fingerprint density at radius 2 is 1.41 bits per heavy atom. The Labute approximate surface area is 164 Å². The van der Waals surface area contributed by atoms with Crippen LogP contribution < -0.4 is 5.32 Å². The highest BCUT2D eigenvalue weighted by molar-refractivity contribution is 5.99. The van der Waals surface area contributed by atoms with Crippen LogP contribution in [0.4, 0.5) is 5.82 Å². The molecule has 0 bridgehead atoms. The van der Waals surface area contributed by atoms with Gasteiger partial charge in [0.1, 0.15) is 0 Å². The molecule has 0 saturated heterocycles. The molecule has 1 amide bonds. The number of hydrogen-bond acceptors (Lipinski definition) is 2. The molecule has 0 aliphatic carbocycles. The maximum absolute atomic E-state index is 12.1. The van der Waals surface area contributed by atoms with E-state index in [0.717, 1.165) is 23.7 Å². The number of hydrogen-bond donors (Lipinski definition) is 2. The van der Waals surface area contributed by atoms with Crippen LogP contribution in [0.5, 0.6) is 0 Å². The molecule has 150 valence electrons. The van der Waals surface area contributed by atoms with E-state index < -0.39 is 0 Å². The number of rotatable bonds is 15. The zero-order valence-corrected chi connectivity index (χ0v) is 17.1. The predicted molar refractivity (Wildman–Crippen MR) is 115 cm³/mol. The summed E-state index contributed by atoms with van der Waals surface area (Å²) in [6.07, 6.45) is 17.8. The van der Waals surface area contributed by atoms with Crippen molar-refractivity contribution in [3.63, 3.8) is 0 Å². The van der Waals surface area contributed by atoms with Crippen LogP contribution in [0.3, 0.4) is 0 Å². The number of H-pyrrole nitrogens is 1. The molecule has 4 heteroatoms. The summed E-state index contributed by atoms with van der Waals surface area (Å²) in [5.41, 5.74) is 0.953. The number of carbonyl (C=O) groups is 1. The fourth-order valence-corrected chi connectivity index (χ4v) is 3.56. The van der Waals surface area contributed by atoms with Crippen molar-refractivity contribution in [2.75, 3.05) is 5.32 Å². The molecule has 0 aliphatic heterocycles. The van der Waals surface area contributed by atoms with Crippen LogP contribution in [0, 0.1) is 0 Å². The van der Waals surface area contributed by atoms with Gasteiger partial charge in [-0.2, -0.15) is 5.10 Å². The van der Waals surface area contributed by atoms with E-state index in [1.165, 1.54) is 70.6 Å². The van der Waals surface area contributed by atoms with Crippen molar-refractivity contribution in [3.05, 3.63) is 24.3 Å². The van der Waals surface area contributed by atoms with Gasteiger partial charge in [-0.1, -0.05) is 96.1 Å². The van der Waals surface area contributed by atoms with Crippen LogP contribution in [0.25, 0.3) is 10.9 Å². The van der Waals surface area contributed by atoms with E-state index in [1.54, 1.807) is 0 Å². The standard InChI is InChI=1S/C23H37N3O/c1-2-3-4-5-6-7-8-9-10-11-12-13-14-19-22(27)24-23-20-17-15-16-18-21(20)25-26-23/h15-18H,2-14,19H2,1H3,(H2,24,25,26,27). The third-order valence-electron chi connectivity index (χ3n) is 5.24. The average molecular weight is 372 g/mol. The summed E-state index contributed by atoms with van der Waals surface area (Å²) in [4.78, 5) is 12.1. The van der Waals surface area contributed by atoms with Crippen LogP contribution in [-0.2, 0) is 4.79 Å². The Morgan fingerprint density at radius 1 is 0.852 bits per heavy atom. The van der Waals surface area contributed by atoms with Crippen molar-refractivity contribution in [2.24, 2.45) is 0 Å². The fourth-order valence-electron chi connectivity index (χ4n) is 3.56. The number of unbranched alkanes of at least 4 members (excludes halogenated alkanes) is 12. The van der Waals surface area contributed by atoms with Crippen molar-refractivity contribution >= 4 is 22.6 Å². The summed E-state index contributed by atoms with van der Waals surface area (Å²) >= 11 is 0. The molecule has 1 heterocycles. The highest BCUT2D eigenvalue weighted by Gasteiger charge is 2.08. The van der Waals surface area contributed by atoms with Crippen molar-refractivity contribution < 1.29 is 4.79 Å². The van der Waals surface area contributed by atoms with Gasteiger partial charge in [-0.05, 0) is 18.6 Å². The number of aromatic nitrogens is 2. The second-order valence-corrected chi connectivity index (χ2v) is 7.66. The van der Waals surface area contributed by atoms with Gasteiger partial charge in [0, 0.05) is 11.8 Å². The number of anilines is 1. The first-order chi connectivity index (χ1) is 13.3. The van der Waals surface area contributed by atoms with Crippen molar-refractivity contribution in [3.8, 4) is 0 Å². The van der Waals surface area contributed by atoms with E-state index >= 15 is 0 Å². The van der Waals surface area contributed by atoms with Gasteiger partial charge in [-0.3, -0.25) is 9.89 Å². The highest BCUT2D eigenvalue weighted by Crippen LogP contribution is 2.20. The molecule has 1 aromatic carbocycles. The number of carbonyl (C=O) groups excluding carboxylic acids is 1. The summed E-state index contributed by atoms with van der Waals surface area (Å²) < 4.78 is 0. The minimum atomic E-state index is 0.0651. The first-order valence-corrected chi connectivity index (χ1v) is 11.0. The van der Waals surface area contributed by atoms with Crippen molar-refractivity contribution in [2.45, 2.75) is 96.8 Å². The van der Waals surface area contributed by atoms with Gasteiger partial charge in [0.15, 0.2) is 5.82 Å². The van der Waals surface area contributed by atoms with Gasteiger partial charge in [0.05, 0.1) is 5.52 Å². The Kier molecular flexibility index (Phi) is 10.6. The number of amides is 1. The molecular weight excluding hydrogens is 334 g/mol. The van der Waals surface area contributed by atoms with E-state index in [1.807, 2.05) is 24.3 Å². The lowest BCUT2D eigenvalue weighted by atomic mass is 10.0. The summed E-state index contributed by atoms with van der Waals surface area (Å²) in [5.74, 6) is 0.709. The fraction of sp³-hybridized carbons (Fsp3) is 0.652. The lowest BCUT2D eigenvalue weighted by Gasteiger charge is -2.04. The summed E-state index contributed by atoms with van der Waals surface area (Å²) in [6.45, 7) is 2.27. The van der Waals surface area contributed by atoms with E-state index in [4.69, 9.17) is 0 Å². The molecule has 0 radical (unpaired) electrons. The lowest BCUT2D eigenvalue weighted by molar-refractivity contribution is -0.116. The summed E-state index contributed by atoms with van der Waals surface area (Å²) in [7, 11) is 0. The third kappa shape index (κ3) is 8.59. The Morgan fingerprint density at radius 3 is 2.04 bits per heavy atom. The molecule has 0 saturated carbocycles. The van der Waals surface area contributed by atoms with Gasteiger partial charge < -0.3 is 5.32 Å². The van der Waals surface area contributed by atoms with E-state index in [-0.39, 0.29) is 5.91 Å². The molecule has 0 unspecified atom stereocenters. The number of benzene rings is 1. The quantitative estimate of drug-likeness (QED) is 0.332. The van der Waals surface area contributed by atoms with E-state index in [9.17, 15) is 4.79 Å². The van der Waals surface area contributed by atoms with Crippen LogP contribution in [0.1, 0.15) is 96.8 Å². The summed E-state index contributed by atoms with van der Waals surface area (Å²) in [5, 5.41) is 11.0. The summed E-state index contributed by atoms with van der Waals surface area (Å²) in [6, 6.07) is 7.85. The minimum Gasteiger partial charge on any atom is -0.309 e. The first kappa shape index (κ1) is 21.5. The molecule has 2 N–H and O–H groups in total. The molecule has 1 aromatic heterocycles. The van der Waals surface area contributed by atoms with Crippen molar-refractivity contribution in [1.82, 2.24) is 10.2 Å². The minimum absolute atomic E-state index is 0.0651. The highest BCUT2D eigenvalue weighted by atomic mass is 16.1. The Balaban J connectivity index is 1.42. The molecule has 0 atom stereocenters. The lowest BCUT2D eigenvalue weighted by Crippen LogP contribution is -2.11. The predicted octanol–water partition coefficient (Wildman–Crippen LogP) is 6.98. The normalized spacial score (nSPS) is 11.1. The molecule has 2 aromatic rings. The molecule has 2 rings (SSSR count). The zero-order chi connectivity index (χ0) is 19.2. The second-order valence-electron chi connectivity index (χ2n) is 7.66. The zero-order valence-electron chi connectivity index (χ0n) is 17.1. The van der Waals surface area contributed by atoms with E-state index in [0.29, 0.717) is 12.2 Å². The molecule has 0 aliphatic rings. The molecule has 0 fully saturated rings. The van der Waals surface area contributed by atoms with Crippen LogP contribution >= 0.6 is 0 Å². The first-order valence-electron chi connectivity index (χ1n) is 11.0. The molecular formula is C23H37N3O. The molecule has 0 spiro atoms. The Hall–Kier alpha value is -1.84. The topological polar surface area (TPSA) is 57.8 Å². The van der Waals surface area contributed by atoms with Gasteiger partial charge in [-0.15, -0.1) is 0 Å². The maximum atomic E-state index is 12.1. The molecule has 4 nitrogen and oxygen atoms in total. The number of fused-ring (bicyclic) bond motifs is 1. The van der Waals surface area contributed by atoms with Gasteiger partial charge in [0.2, 0.25) is 5.91 Å². The number of nitrogens with zero attached hydrogens (tertiary/aromatic N) is 1. The van der Waals surface area contributed by atoms with Gasteiger partial charge >= 0.3 is 0 Å². The largest absolute Gasteiger partial charge is 0.309 e. The van der Waals surface area contributed by atoms with Gasteiger partial charge in [-0.25, -0.2) is 0 Å². The smallest absolute Gasteiger partial charge is 0.225 e. The van der Waals surface area contributed by atoms with Crippen molar-refractivity contribution in [1.29, 1.82) is 0 Å². The monoisotopic (exact) mass is 371 g/mol. The number of nitrogens with one attached hydrogen (secondary N) is 2. The second kappa shape index (κ2) is 13.3. The van der Waals surface area contributed by atoms with Gasteiger partial charge in [0.25, 0.3) is 0 Å². The average Bonchev–Trinajstić information content (AvgIpc) is 3.08. The number of para-hydroxylation sites is 1. The SMILES string of the molecule is CCCCCCCCCCCCCCCC(=O)Nc1n[nH]c2ccccc12. The van der Waals surface area contributed by atoms with Crippen LogP contribution in [0.2, 0.25) is 0 Å². The van der Waals surface area contributed by atoms with Crippen LogP contribution in [-0.4, -0.2) is 16.1 Å². The third-order valence-corrected chi connectivity index (χ3v) is 5.24. The van der Waals surface area contributed by atoms with E-state index in [2.05, 4.69) is 22.4 Å². The Bertz CT molecular complexity index is 650. The number of aromatic amines is 1.